The summed E-state index contributed by atoms with van der Waals surface area (Å²) in [6.45, 7) is 2.25. The van der Waals surface area contributed by atoms with E-state index in [1.807, 2.05) is 0 Å². The first-order valence-corrected chi connectivity index (χ1v) is 12.6. The molecule has 0 amide bonds. The summed E-state index contributed by atoms with van der Waals surface area (Å²) in [5.41, 5.74) is 0. The van der Waals surface area contributed by atoms with E-state index in [9.17, 15) is 0 Å². The van der Waals surface area contributed by atoms with Gasteiger partial charge in [0.1, 0.15) is 0 Å². The molecule has 58 valence electrons. The van der Waals surface area contributed by atoms with Crippen LogP contribution >= 0.6 is 47.8 Å². The third-order valence-corrected chi connectivity index (χ3v) is 17.3. The summed E-state index contributed by atoms with van der Waals surface area (Å²) in [4.78, 5) is 0. The standard InChI is InChI=1S/C5H11.CBr3.Hg/c1-3-5-4-2;2-1(3)4;/h1,3-5H2,2H3;;. The van der Waals surface area contributed by atoms with Gasteiger partial charge >= 0.3 is 102 Å². The van der Waals surface area contributed by atoms with Gasteiger partial charge in [-0.05, 0) is 0 Å². The van der Waals surface area contributed by atoms with Crippen LogP contribution in [0.5, 0.6) is 0 Å². The molecule has 0 N–H and O–H groups in total. The van der Waals surface area contributed by atoms with Gasteiger partial charge in [-0.15, -0.1) is 0 Å². The van der Waals surface area contributed by atoms with Crippen molar-refractivity contribution in [1.29, 1.82) is 0 Å². The van der Waals surface area contributed by atoms with E-state index in [0.29, 0.717) is 0 Å². The Balaban J connectivity index is 3.04. The minimum absolute atomic E-state index is 0.209. The maximum absolute atomic E-state index is 3.56. The van der Waals surface area contributed by atoms with Crippen molar-refractivity contribution in [3.63, 3.8) is 0 Å². The van der Waals surface area contributed by atoms with Gasteiger partial charge in [0.2, 0.25) is 0 Å². The van der Waals surface area contributed by atoms with Gasteiger partial charge in [-0.2, -0.15) is 0 Å². The number of unbranched alkanes of at least 4 members (excludes halogenated alkanes) is 2. The van der Waals surface area contributed by atoms with Crippen LogP contribution < -0.4 is 0 Å². The Morgan fingerprint density at radius 1 is 1.20 bits per heavy atom. The molecule has 0 aliphatic carbocycles. The zero-order valence-corrected chi connectivity index (χ0v) is 16.4. The molecule has 0 unspecified atom stereocenters. The second kappa shape index (κ2) is 6.84. The summed E-state index contributed by atoms with van der Waals surface area (Å²) < 4.78 is 1.70. The zero-order chi connectivity index (χ0) is 8.04. The molecule has 0 nitrogen and oxygen atoms in total. The first kappa shape index (κ1) is 12.4. The molecule has 0 fully saturated rings. The van der Waals surface area contributed by atoms with Crippen LogP contribution in [-0.2, 0) is 24.6 Å². The van der Waals surface area contributed by atoms with Crippen LogP contribution in [-0.4, -0.2) is -0.348 Å². The Morgan fingerprint density at radius 2 is 1.80 bits per heavy atom. The monoisotopic (exact) mass is 522 g/mol. The third kappa shape index (κ3) is 10.4. The average Bonchev–Trinajstić information content (AvgIpc) is 1.78. The van der Waals surface area contributed by atoms with Gasteiger partial charge in [-0.1, -0.05) is 0 Å². The van der Waals surface area contributed by atoms with E-state index in [4.69, 9.17) is 0 Å². The van der Waals surface area contributed by atoms with E-state index >= 15 is 0 Å². The van der Waals surface area contributed by atoms with Crippen LogP contribution in [0.3, 0.4) is 0 Å². The fourth-order valence-electron chi connectivity index (χ4n) is 0.752. The molecule has 0 saturated carbocycles. The first-order chi connectivity index (χ1) is 4.56. The number of halogens is 3. The van der Waals surface area contributed by atoms with Crippen LogP contribution in [0.25, 0.3) is 0 Å². The van der Waals surface area contributed by atoms with Crippen molar-refractivity contribution < 1.29 is 24.6 Å². The van der Waals surface area contributed by atoms with Gasteiger partial charge in [0, 0.05) is 0 Å². The fraction of sp³-hybridized carbons (Fsp3) is 1.00. The molecule has 10 heavy (non-hydrogen) atoms. The van der Waals surface area contributed by atoms with E-state index in [1.54, 1.807) is 0 Å². The number of rotatable bonds is 4. The zero-order valence-electron chi connectivity index (χ0n) is 6.17. The Hall–Kier alpha value is 2.38. The summed E-state index contributed by atoms with van der Waals surface area (Å²) in [6.07, 6.45) is 4.18. The van der Waals surface area contributed by atoms with Gasteiger partial charge in [0.05, 0.1) is 0 Å². The molecular formula is C6H11Br3Hg. The molecule has 0 aromatic carbocycles. The molecule has 0 heterocycles. The second-order valence-electron chi connectivity index (χ2n) is 2.43. The van der Waals surface area contributed by atoms with Crippen molar-refractivity contribution in [1.82, 2.24) is 0 Å². The normalized spacial score (nSPS) is 11.2. The van der Waals surface area contributed by atoms with Gasteiger partial charge in [-0.25, -0.2) is 0 Å². The Bertz CT molecular complexity index is 79.6. The molecule has 0 rings (SSSR count). The molecule has 0 aromatic heterocycles. The predicted octanol–water partition coefficient (Wildman–Crippen LogP) is 4.47. The number of hydrogen-bond donors (Lipinski definition) is 0. The van der Waals surface area contributed by atoms with Crippen molar-refractivity contribution in [2.24, 2.45) is 0 Å². The summed E-state index contributed by atoms with van der Waals surface area (Å²) in [7, 11) is 0. The van der Waals surface area contributed by atoms with Crippen LogP contribution in [0.15, 0.2) is 0 Å². The SMILES string of the molecule is CCCC[CH2][Hg][C](Br)(Br)Br. The summed E-state index contributed by atoms with van der Waals surface area (Å²) in [5, 5.41) is 0. The van der Waals surface area contributed by atoms with E-state index in [0.717, 1.165) is 0 Å². The van der Waals surface area contributed by atoms with Crippen molar-refractivity contribution >= 4 is 47.8 Å². The van der Waals surface area contributed by atoms with Crippen molar-refractivity contribution in [2.45, 2.75) is 29.8 Å². The fourth-order valence-corrected chi connectivity index (χ4v) is 12.0. The molecular weight excluding hydrogens is 512 g/mol. The van der Waals surface area contributed by atoms with Crippen molar-refractivity contribution in [2.75, 3.05) is 0 Å². The van der Waals surface area contributed by atoms with E-state index < -0.39 is 24.6 Å². The van der Waals surface area contributed by atoms with Gasteiger partial charge in [-0.3, -0.25) is 0 Å². The van der Waals surface area contributed by atoms with E-state index in [1.165, 1.54) is 23.2 Å². The Kier molecular flexibility index (Phi) is 8.47. The van der Waals surface area contributed by atoms with Gasteiger partial charge < -0.3 is 0 Å². The van der Waals surface area contributed by atoms with Crippen LogP contribution in [0, 0.1) is 0 Å². The van der Waals surface area contributed by atoms with Crippen LogP contribution in [0.2, 0.25) is 3.93 Å². The minimum atomic E-state index is -0.712. The molecule has 0 aromatic rings. The van der Waals surface area contributed by atoms with Gasteiger partial charge in [0.15, 0.2) is 0 Å². The Labute approximate surface area is 101 Å². The Morgan fingerprint density at radius 3 is 2.20 bits per heavy atom. The molecule has 0 aliphatic heterocycles. The topological polar surface area (TPSA) is 0 Å². The first-order valence-electron chi connectivity index (χ1n) is 3.63. The summed E-state index contributed by atoms with van der Waals surface area (Å²) in [6, 6.07) is 0. The molecule has 0 aliphatic rings. The average molecular weight is 523 g/mol. The van der Waals surface area contributed by atoms with Crippen LogP contribution in [0.4, 0.5) is 0 Å². The van der Waals surface area contributed by atoms with Gasteiger partial charge in [0.25, 0.3) is 0 Å². The molecule has 0 bridgehead atoms. The summed E-state index contributed by atoms with van der Waals surface area (Å²) in [5.74, 6) is 0. The molecule has 4 heteroatoms. The number of hydrogen-bond acceptors (Lipinski definition) is 0. The van der Waals surface area contributed by atoms with E-state index in [-0.39, 0.29) is -0.348 Å². The number of alkyl halides is 3. The third-order valence-electron chi connectivity index (χ3n) is 1.31. The quantitative estimate of drug-likeness (QED) is 0.290. The molecule has 0 saturated heterocycles. The predicted molar refractivity (Wildman–Crippen MR) is 53.8 cm³/mol. The molecule has 0 atom stereocenters. The summed E-state index contributed by atoms with van der Waals surface area (Å²) >= 11 is 9.98. The molecule has 0 spiro atoms. The van der Waals surface area contributed by atoms with E-state index in [2.05, 4.69) is 54.7 Å². The van der Waals surface area contributed by atoms with Crippen LogP contribution in [0.1, 0.15) is 26.2 Å². The van der Waals surface area contributed by atoms with Crippen molar-refractivity contribution in [3.05, 3.63) is 0 Å². The van der Waals surface area contributed by atoms with Crippen molar-refractivity contribution in [3.8, 4) is 0 Å². The second-order valence-corrected chi connectivity index (χ2v) is 30.6. The molecule has 0 radical (unpaired) electrons. The maximum atomic E-state index is 3.56.